The zero-order valence-corrected chi connectivity index (χ0v) is 14.4. The highest BCUT2D eigenvalue weighted by Gasteiger charge is 2.30. The second kappa shape index (κ2) is 6.52. The standard InChI is InChI=1S/C17H16N2O2S2/c1-17(2,15(20)19-16-18-8-10-23-16)21-14-5-3-12(4-6-14)13-7-9-22-11-13/h3-11H,1-2H3,(H,18,19,20). The number of benzene rings is 1. The highest BCUT2D eigenvalue weighted by atomic mass is 32.1. The fourth-order valence-corrected chi connectivity index (χ4v) is 3.21. The van der Waals surface area contributed by atoms with E-state index in [2.05, 4.69) is 21.7 Å². The Morgan fingerprint density at radius 1 is 1.13 bits per heavy atom. The summed E-state index contributed by atoms with van der Waals surface area (Å²) in [5, 5.41) is 9.29. The Morgan fingerprint density at radius 3 is 2.52 bits per heavy atom. The van der Waals surface area contributed by atoms with E-state index in [4.69, 9.17) is 4.74 Å². The second-order valence-electron chi connectivity index (χ2n) is 5.44. The maximum absolute atomic E-state index is 12.3. The number of carbonyl (C=O) groups is 1. The molecule has 0 aliphatic rings. The van der Waals surface area contributed by atoms with E-state index < -0.39 is 5.60 Å². The number of thiazole rings is 1. The largest absolute Gasteiger partial charge is 0.478 e. The number of carbonyl (C=O) groups excluding carboxylic acids is 1. The van der Waals surface area contributed by atoms with Crippen LogP contribution in [0.2, 0.25) is 0 Å². The van der Waals surface area contributed by atoms with Gasteiger partial charge in [0, 0.05) is 11.6 Å². The van der Waals surface area contributed by atoms with Crippen LogP contribution in [0.4, 0.5) is 5.13 Å². The molecule has 4 nitrogen and oxygen atoms in total. The number of nitrogens with zero attached hydrogens (tertiary/aromatic N) is 1. The zero-order valence-electron chi connectivity index (χ0n) is 12.8. The van der Waals surface area contributed by atoms with Gasteiger partial charge >= 0.3 is 0 Å². The maximum Gasteiger partial charge on any atom is 0.269 e. The molecule has 3 aromatic rings. The predicted molar refractivity (Wildman–Crippen MR) is 95.2 cm³/mol. The third-order valence-electron chi connectivity index (χ3n) is 3.28. The van der Waals surface area contributed by atoms with E-state index in [9.17, 15) is 4.79 Å². The molecule has 3 rings (SSSR count). The van der Waals surface area contributed by atoms with Crippen molar-refractivity contribution < 1.29 is 9.53 Å². The lowest BCUT2D eigenvalue weighted by atomic mass is 10.1. The van der Waals surface area contributed by atoms with Crippen LogP contribution in [0.15, 0.2) is 52.7 Å². The number of nitrogens with one attached hydrogen (secondary N) is 1. The summed E-state index contributed by atoms with van der Waals surface area (Å²) in [6, 6.07) is 9.82. The summed E-state index contributed by atoms with van der Waals surface area (Å²) >= 11 is 3.04. The Labute approximate surface area is 142 Å². The number of hydrogen-bond acceptors (Lipinski definition) is 5. The summed E-state index contributed by atoms with van der Waals surface area (Å²) in [5.74, 6) is 0.428. The van der Waals surface area contributed by atoms with Crippen molar-refractivity contribution in [2.24, 2.45) is 0 Å². The van der Waals surface area contributed by atoms with Crippen LogP contribution in [0.3, 0.4) is 0 Å². The number of ether oxygens (including phenoxy) is 1. The molecule has 2 aromatic heterocycles. The first-order valence-corrected chi connectivity index (χ1v) is 8.89. The zero-order chi connectivity index (χ0) is 16.3. The normalized spacial score (nSPS) is 11.2. The van der Waals surface area contributed by atoms with Gasteiger partial charge in [-0.05, 0) is 53.9 Å². The van der Waals surface area contributed by atoms with E-state index in [0.717, 1.165) is 5.56 Å². The number of hydrogen-bond donors (Lipinski definition) is 1. The van der Waals surface area contributed by atoms with Gasteiger partial charge in [0.2, 0.25) is 0 Å². The van der Waals surface area contributed by atoms with Gasteiger partial charge in [-0.15, -0.1) is 11.3 Å². The van der Waals surface area contributed by atoms with Gasteiger partial charge in [0.1, 0.15) is 5.75 Å². The van der Waals surface area contributed by atoms with Crippen molar-refractivity contribution in [3.05, 3.63) is 52.7 Å². The van der Waals surface area contributed by atoms with Gasteiger partial charge in [-0.3, -0.25) is 10.1 Å². The molecule has 0 saturated heterocycles. The first-order chi connectivity index (χ1) is 11.0. The van der Waals surface area contributed by atoms with E-state index in [1.54, 1.807) is 31.4 Å². The molecule has 1 aromatic carbocycles. The smallest absolute Gasteiger partial charge is 0.269 e. The van der Waals surface area contributed by atoms with Crippen LogP contribution in [-0.4, -0.2) is 16.5 Å². The van der Waals surface area contributed by atoms with Crippen LogP contribution in [0.5, 0.6) is 5.75 Å². The molecular weight excluding hydrogens is 328 g/mol. The number of anilines is 1. The Bertz CT molecular complexity index is 764. The minimum Gasteiger partial charge on any atom is -0.478 e. The molecule has 0 unspecified atom stereocenters. The molecule has 0 saturated carbocycles. The van der Waals surface area contributed by atoms with Gasteiger partial charge in [-0.2, -0.15) is 11.3 Å². The third-order valence-corrected chi connectivity index (χ3v) is 4.65. The second-order valence-corrected chi connectivity index (χ2v) is 7.11. The monoisotopic (exact) mass is 344 g/mol. The summed E-state index contributed by atoms with van der Waals surface area (Å²) < 4.78 is 5.85. The molecule has 0 atom stereocenters. The van der Waals surface area contributed by atoms with Crippen molar-refractivity contribution in [3.8, 4) is 16.9 Å². The van der Waals surface area contributed by atoms with Gasteiger partial charge < -0.3 is 4.74 Å². The highest BCUT2D eigenvalue weighted by Crippen LogP contribution is 2.26. The molecule has 118 valence electrons. The number of amides is 1. The predicted octanol–water partition coefficient (Wildman–Crippen LogP) is 4.67. The fraction of sp³-hybridized carbons (Fsp3) is 0.176. The molecule has 0 spiro atoms. The molecule has 0 bridgehead atoms. The summed E-state index contributed by atoms with van der Waals surface area (Å²) in [7, 11) is 0. The maximum atomic E-state index is 12.3. The Hall–Kier alpha value is -2.18. The topological polar surface area (TPSA) is 51.2 Å². The van der Waals surface area contributed by atoms with E-state index in [1.165, 1.54) is 16.9 Å². The first-order valence-electron chi connectivity index (χ1n) is 7.07. The first kappa shape index (κ1) is 15.7. The Balaban J connectivity index is 1.68. The summed E-state index contributed by atoms with van der Waals surface area (Å²) in [5.41, 5.74) is 1.32. The van der Waals surface area contributed by atoms with Crippen LogP contribution >= 0.6 is 22.7 Å². The average Bonchev–Trinajstić information content (AvgIpc) is 3.20. The molecule has 1 amide bonds. The highest BCUT2D eigenvalue weighted by molar-refractivity contribution is 7.13. The quantitative estimate of drug-likeness (QED) is 0.732. The van der Waals surface area contributed by atoms with E-state index >= 15 is 0 Å². The molecule has 2 heterocycles. The molecule has 0 aliphatic heterocycles. The summed E-state index contributed by atoms with van der Waals surface area (Å²) in [4.78, 5) is 16.4. The lowest BCUT2D eigenvalue weighted by Crippen LogP contribution is -2.42. The van der Waals surface area contributed by atoms with Gasteiger partial charge in [-0.1, -0.05) is 12.1 Å². The third kappa shape index (κ3) is 3.78. The van der Waals surface area contributed by atoms with Crippen LogP contribution < -0.4 is 10.1 Å². The van der Waals surface area contributed by atoms with Crippen molar-refractivity contribution >= 4 is 33.7 Å². The Morgan fingerprint density at radius 2 is 1.91 bits per heavy atom. The molecule has 0 aliphatic carbocycles. The van der Waals surface area contributed by atoms with Crippen molar-refractivity contribution in [3.63, 3.8) is 0 Å². The summed E-state index contributed by atoms with van der Waals surface area (Å²) in [6.45, 7) is 3.48. The average molecular weight is 344 g/mol. The minimum absolute atomic E-state index is 0.227. The number of rotatable bonds is 5. The van der Waals surface area contributed by atoms with Crippen molar-refractivity contribution in [2.75, 3.05) is 5.32 Å². The van der Waals surface area contributed by atoms with Gasteiger partial charge in [0.15, 0.2) is 10.7 Å². The number of aromatic nitrogens is 1. The van der Waals surface area contributed by atoms with Crippen LogP contribution in [-0.2, 0) is 4.79 Å². The minimum atomic E-state index is -0.991. The van der Waals surface area contributed by atoms with Gasteiger partial charge in [0.25, 0.3) is 5.91 Å². The van der Waals surface area contributed by atoms with Crippen LogP contribution in [0.1, 0.15) is 13.8 Å². The molecule has 0 radical (unpaired) electrons. The van der Waals surface area contributed by atoms with Gasteiger partial charge in [0.05, 0.1) is 0 Å². The molecule has 6 heteroatoms. The molecule has 1 N–H and O–H groups in total. The molecular formula is C17H16N2O2S2. The molecule has 23 heavy (non-hydrogen) atoms. The van der Waals surface area contributed by atoms with Crippen LogP contribution in [0, 0.1) is 0 Å². The van der Waals surface area contributed by atoms with Crippen molar-refractivity contribution in [2.45, 2.75) is 19.4 Å². The van der Waals surface area contributed by atoms with E-state index in [1.807, 2.05) is 35.0 Å². The van der Waals surface area contributed by atoms with Crippen LogP contribution in [0.25, 0.3) is 11.1 Å². The Kier molecular flexibility index (Phi) is 4.45. The number of thiophene rings is 1. The van der Waals surface area contributed by atoms with Crippen molar-refractivity contribution in [1.29, 1.82) is 0 Å². The van der Waals surface area contributed by atoms with Crippen molar-refractivity contribution in [1.82, 2.24) is 4.98 Å². The lowest BCUT2D eigenvalue weighted by Gasteiger charge is -2.24. The molecule has 0 fully saturated rings. The van der Waals surface area contributed by atoms with Gasteiger partial charge in [-0.25, -0.2) is 4.98 Å². The fourth-order valence-electron chi connectivity index (χ4n) is 2.02. The lowest BCUT2D eigenvalue weighted by molar-refractivity contribution is -0.128. The van der Waals surface area contributed by atoms with E-state index in [-0.39, 0.29) is 5.91 Å². The van der Waals surface area contributed by atoms with E-state index in [0.29, 0.717) is 10.9 Å². The SMILES string of the molecule is CC(C)(Oc1ccc(-c2ccsc2)cc1)C(=O)Nc1nccs1. The summed E-state index contributed by atoms with van der Waals surface area (Å²) in [6.07, 6.45) is 1.65.